The molecule has 6 heteroatoms. The van der Waals surface area contributed by atoms with Gasteiger partial charge < -0.3 is 9.64 Å². The molecule has 1 aromatic heterocycles. The zero-order valence-electron chi connectivity index (χ0n) is 13.2. The van der Waals surface area contributed by atoms with Gasteiger partial charge in [-0.3, -0.25) is 4.79 Å². The van der Waals surface area contributed by atoms with Crippen molar-refractivity contribution in [3.8, 4) is 0 Å². The van der Waals surface area contributed by atoms with Gasteiger partial charge in [0.25, 0.3) is 0 Å². The third-order valence-electron chi connectivity index (χ3n) is 3.84. The van der Waals surface area contributed by atoms with Crippen LogP contribution in [-0.2, 0) is 16.1 Å². The van der Waals surface area contributed by atoms with Crippen LogP contribution in [-0.4, -0.2) is 35.0 Å². The Balaban J connectivity index is 1.71. The van der Waals surface area contributed by atoms with E-state index in [1.165, 1.54) is 29.5 Å². The number of benzene rings is 1. The van der Waals surface area contributed by atoms with E-state index in [4.69, 9.17) is 4.74 Å². The molecular weight excluding hydrogens is 327 g/mol. The van der Waals surface area contributed by atoms with Crippen LogP contribution in [0.4, 0.5) is 4.39 Å². The zero-order chi connectivity index (χ0) is 16.8. The van der Waals surface area contributed by atoms with Crippen molar-refractivity contribution in [2.45, 2.75) is 25.5 Å². The molecule has 2 aromatic rings. The van der Waals surface area contributed by atoms with Crippen LogP contribution >= 0.6 is 11.3 Å². The van der Waals surface area contributed by atoms with Gasteiger partial charge in [-0.05, 0) is 36.6 Å². The molecule has 1 aliphatic rings. The lowest BCUT2D eigenvalue weighted by molar-refractivity contribution is -0.128. The third kappa shape index (κ3) is 4.72. The smallest absolute Gasteiger partial charge is 0.247 e. The van der Waals surface area contributed by atoms with Crippen LogP contribution in [0.25, 0.3) is 6.08 Å². The minimum Gasteiger partial charge on any atom is -0.376 e. The number of carbonyl (C=O) groups excluding carboxylic acids is 1. The number of amides is 1. The Morgan fingerprint density at radius 1 is 1.50 bits per heavy atom. The number of hydrogen-bond acceptors (Lipinski definition) is 4. The van der Waals surface area contributed by atoms with Gasteiger partial charge in [-0.25, -0.2) is 9.37 Å². The molecule has 1 saturated heterocycles. The second-order valence-electron chi connectivity index (χ2n) is 5.69. The molecule has 0 spiro atoms. The molecule has 24 heavy (non-hydrogen) atoms. The van der Waals surface area contributed by atoms with Gasteiger partial charge >= 0.3 is 0 Å². The normalized spacial score (nSPS) is 17.5. The maximum Gasteiger partial charge on any atom is 0.247 e. The molecule has 1 aromatic carbocycles. The van der Waals surface area contributed by atoms with Crippen LogP contribution in [0.3, 0.4) is 0 Å². The van der Waals surface area contributed by atoms with Crippen molar-refractivity contribution < 1.29 is 13.9 Å². The van der Waals surface area contributed by atoms with Gasteiger partial charge in [0, 0.05) is 37.3 Å². The lowest BCUT2D eigenvalue weighted by Crippen LogP contribution is -2.35. The lowest BCUT2D eigenvalue weighted by Gasteiger charge is -2.24. The van der Waals surface area contributed by atoms with Gasteiger partial charge in [0.1, 0.15) is 10.8 Å². The maximum atomic E-state index is 13.4. The molecule has 1 amide bonds. The molecule has 2 heterocycles. The molecule has 0 bridgehead atoms. The Morgan fingerprint density at radius 3 is 3.12 bits per heavy atom. The van der Waals surface area contributed by atoms with Gasteiger partial charge in [-0.2, -0.15) is 0 Å². The first-order valence-corrected chi connectivity index (χ1v) is 8.81. The van der Waals surface area contributed by atoms with Gasteiger partial charge in [0.2, 0.25) is 5.91 Å². The predicted molar refractivity (Wildman–Crippen MR) is 91.9 cm³/mol. The molecule has 4 nitrogen and oxygen atoms in total. The number of ether oxygens (including phenoxy) is 1. The summed E-state index contributed by atoms with van der Waals surface area (Å²) in [7, 11) is 0. The van der Waals surface area contributed by atoms with Crippen LogP contribution in [0.2, 0.25) is 0 Å². The van der Waals surface area contributed by atoms with E-state index in [0.717, 1.165) is 30.0 Å². The van der Waals surface area contributed by atoms with Crippen molar-refractivity contribution in [3.63, 3.8) is 0 Å². The van der Waals surface area contributed by atoms with Crippen molar-refractivity contribution in [3.05, 3.63) is 58.3 Å². The predicted octanol–water partition coefficient (Wildman–Crippen LogP) is 3.50. The van der Waals surface area contributed by atoms with Crippen molar-refractivity contribution in [2.24, 2.45) is 0 Å². The zero-order valence-corrected chi connectivity index (χ0v) is 14.0. The van der Waals surface area contributed by atoms with E-state index in [-0.39, 0.29) is 17.8 Å². The highest BCUT2D eigenvalue weighted by atomic mass is 32.1. The standard InChI is InChI=1S/C18H19FN2O2S/c19-15-4-1-3-14(11-15)12-21(13-16-5-2-9-23-16)18(22)7-6-17-20-8-10-24-17/h1,3-4,6-8,10-11,16H,2,5,9,12-13H2. The molecule has 0 N–H and O–H groups in total. The summed E-state index contributed by atoms with van der Waals surface area (Å²) in [5.74, 6) is -0.416. The summed E-state index contributed by atoms with van der Waals surface area (Å²) in [6.07, 6.45) is 6.95. The maximum absolute atomic E-state index is 13.4. The summed E-state index contributed by atoms with van der Waals surface area (Å²) in [5, 5.41) is 2.65. The Morgan fingerprint density at radius 2 is 2.42 bits per heavy atom. The van der Waals surface area contributed by atoms with E-state index in [1.807, 2.05) is 11.4 Å². The van der Waals surface area contributed by atoms with Crippen molar-refractivity contribution in [1.29, 1.82) is 0 Å². The summed E-state index contributed by atoms with van der Waals surface area (Å²) in [4.78, 5) is 18.4. The molecule has 1 atom stereocenters. The largest absolute Gasteiger partial charge is 0.376 e. The van der Waals surface area contributed by atoms with Crippen molar-refractivity contribution in [1.82, 2.24) is 9.88 Å². The van der Waals surface area contributed by atoms with E-state index in [2.05, 4.69) is 4.98 Å². The average Bonchev–Trinajstić information content (AvgIpc) is 3.26. The molecule has 3 rings (SSSR count). The fourth-order valence-corrected chi connectivity index (χ4v) is 3.22. The number of thiazole rings is 1. The monoisotopic (exact) mass is 346 g/mol. The highest BCUT2D eigenvalue weighted by molar-refractivity contribution is 7.10. The first kappa shape index (κ1) is 16.8. The van der Waals surface area contributed by atoms with Gasteiger partial charge in [-0.15, -0.1) is 11.3 Å². The van der Waals surface area contributed by atoms with Crippen LogP contribution < -0.4 is 0 Å². The van der Waals surface area contributed by atoms with Crippen LogP contribution in [0.1, 0.15) is 23.4 Å². The van der Waals surface area contributed by atoms with Crippen molar-refractivity contribution >= 4 is 23.3 Å². The van der Waals surface area contributed by atoms with E-state index >= 15 is 0 Å². The molecule has 1 unspecified atom stereocenters. The SMILES string of the molecule is O=C(C=Cc1nccs1)N(Cc1cccc(F)c1)CC1CCCO1. The summed E-state index contributed by atoms with van der Waals surface area (Å²) in [6, 6.07) is 6.34. The summed E-state index contributed by atoms with van der Waals surface area (Å²) >= 11 is 1.47. The van der Waals surface area contributed by atoms with Gasteiger partial charge in [0.15, 0.2) is 0 Å². The fourth-order valence-electron chi connectivity index (χ4n) is 2.69. The molecule has 126 valence electrons. The van der Waals surface area contributed by atoms with Crippen LogP contribution in [0, 0.1) is 5.82 Å². The Hall–Kier alpha value is -2.05. The van der Waals surface area contributed by atoms with E-state index < -0.39 is 0 Å². The second kappa shape index (κ2) is 8.17. The van der Waals surface area contributed by atoms with E-state index in [1.54, 1.807) is 23.2 Å². The fraction of sp³-hybridized carbons (Fsp3) is 0.333. The first-order chi connectivity index (χ1) is 11.7. The molecule has 0 aliphatic carbocycles. The Kier molecular flexibility index (Phi) is 5.72. The number of hydrogen-bond donors (Lipinski definition) is 0. The minimum atomic E-state index is -0.296. The molecule has 0 radical (unpaired) electrons. The molecule has 1 aliphatic heterocycles. The Labute approximate surface area is 144 Å². The number of nitrogens with zero attached hydrogens (tertiary/aromatic N) is 2. The molecule has 0 saturated carbocycles. The number of rotatable bonds is 6. The number of halogens is 1. The lowest BCUT2D eigenvalue weighted by atomic mass is 10.1. The van der Waals surface area contributed by atoms with Crippen LogP contribution in [0.5, 0.6) is 0 Å². The third-order valence-corrected chi connectivity index (χ3v) is 4.58. The minimum absolute atomic E-state index is 0.0516. The van der Waals surface area contributed by atoms with E-state index in [9.17, 15) is 9.18 Å². The topological polar surface area (TPSA) is 42.4 Å². The van der Waals surface area contributed by atoms with Gasteiger partial charge in [0.05, 0.1) is 6.10 Å². The van der Waals surface area contributed by atoms with Gasteiger partial charge in [-0.1, -0.05) is 12.1 Å². The molecule has 1 fully saturated rings. The first-order valence-electron chi connectivity index (χ1n) is 7.93. The van der Waals surface area contributed by atoms with Crippen LogP contribution in [0.15, 0.2) is 41.9 Å². The summed E-state index contributed by atoms with van der Waals surface area (Å²) in [6.45, 7) is 1.61. The second-order valence-corrected chi connectivity index (χ2v) is 6.61. The average molecular weight is 346 g/mol. The highest BCUT2D eigenvalue weighted by Crippen LogP contribution is 2.16. The number of aromatic nitrogens is 1. The highest BCUT2D eigenvalue weighted by Gasteiger charge is 2.21. The molecular formula is C18H19FN2O2S. The summed E-state index contributed by atoms with van der Waals surface area (Å²) in [5.41, 5.74) is 0.768. The summed E-state index contributed by atoms with van der Waals surface area (Å²) < 4.78 is 19.1. The van der Waals surface area contributed by atoms with Crippen molar-refractivity contribution in [2.75, 3.05) is 13.2 Å². The quantitative estimate of drug-likeness (QED) is 0.752. The van der Waals surface area contributed by atoms with E-state index in [0.29, 0.717) is 13.1 Å². The Bertz CT molecular complexity index is 697. The number of carbonyl (C=O) groups is 1.